The highest BCUT2D eigenvalue weighted by molar-refractivity contribution is 7.98. The lowest BCUT2D eigenvalue weighted by atomic mass is 10.1. The normalized spacial score (nSPS) is 12.9. The van der Waals surface area contributed by atoms with Crippen LogP contribution >= 0.6 is 11.8 Å². The largest absolute Gasteiger partial charge is 0.480 e. The molecule has 5 N–H and O–H groups in total. The minimum Gasteiger partial charge on any atom is -0.480 e. The molecule has 0 bridgehead atoms. The number of unbranched alkanes of at least 4 members (excludes halogenated alkanes) is 1. The van der Waals surface area contributed by atoms with Gasteiger partial charge < -0.3 is 21.3 Å². The van der Waals surface area contributed by atoms with E-state index in [0.29, 0.717) is 12.8 Å². The molecule has 0 saturated heterocycles. The molecular weight excluding hydrogens is 268 g/mol. The molecule has 0 aliphatic carbocycles. The van der Waals surface area contributed by atoms with Crippen molar-refractivity contribution in [2.24, 2.45) is 11.5 Å². The summed E-state index contributed by atoms with van der Waals surface area (Å²) >= 11 is 1.67. The average molecular weight is 294 g/mol. The third-order valence-corrected chi connectivity index (χ3v) is 2.97. The van der Waals surface area contributed by atoms with Crippen LogP contribution in [0.1, 0.15) is 32.6 Å². The molecule has 0 radical (unpaired) electrons. The van der Waals surface area contributed by atoms with Crippen molar-refractivity contribution in [2.75, 3.05) is 19.1 Å². The molecule has 0 aliphatic heterocycles. The average Bonchev–Trinajstić information content (AvgIpc) is 2.41. The molecule has 0 heterocycles. The van der Waals surface area contributed by atoms with Crippen LogP contribution in [0.2, 0.25) is 0 Å². The molecule has 0 aliphatic rings. The molecule has 0 unspecified atom stereocenters. The summed E-state index contributed by atoms with van der Waals surface area (Å²) in [5.41, 5.74) is 10.6. The number of hydrogen-bond donors (Lipinski definition) is 3. The van der Waals surface area contributed by atoms with E-state index in [1.165, 1.54) is 7.11 Å². The molecular formula is C12H26N2O4S. The molecule has 7 heteroatoms. The van der Waals surface area contributed by atoms with E-state index in [2.05, 4.69) is 4.74 Å². The molecule has 0 amide bonds. The third-order valence-electron chi connectivity index (χ3n) is 2.32. The predicted octanol–water partition coefficient (Wildman–Crippen LogP) is 0.828. The first-order valence-corrected chi connectivity index (χ1v) is 7.60. The monoisotopic (exact) mass is 294 g/mol. The summed E-state index contributed by atoms with van der Waals surface area (Å²) in [6.07, 6.45) is 5.15. The van der Waals surface area contributed by atoms with E-state index in [1.54, 1.807) is 11.8 Å². The maximum Gasteiger partial charge on any atom is 0.322 e. The van der Waals surface area contributed by atoms with Crippen LogP contribution in [0.4, 0.5) is 0 Å². The first-order chi connectivity index (χ1) is 8.90. The molecule has 19 heavy (non-hydrogen) atoms. The van der Waals surface area contributed by atoms with Crippen molar-refractivity contribution in [3.8, 4) is 0 Å². The van der Waals surface area contributed by atoms with E-state index >= 15 is 0 Å². The zero-order valence-corrected chi connectivity index (χ0v) is 12.7. The molecule has 6 nitrogen and oxygen atoms in total. The second kappa shape index (κ2) is 13.6. The molecule has 0 aromatic carbocycles. The number of ether oxygens (including phenoxy) is 1. The summed E-state index contributed by atoms with van der Waals surface area (Å²) in [7, 11) is 1.35. The number of aliphatic carboxylic acids is 1. The predicted molar refractivity (Wildman–Crippen MR) is 78.1 cm³/mol. The van der Waals surface area contributed by atoms with Crippen LogP contribution in [-0.2, 0) is 14.3 Å². The first kappa shape index (κ1) is 20.5. The number of rotatable bonds is 8. The number of carboxylic acids is 1. The summed E-state index contributed by atoms with van der Waals surface area (Å²) in [6, 6.07) is -1.11. The molecule has 0 saturated carbocycles. The molecule has 0 spiro atoms. The second-order valence-corrected chi connectivity index (χ2v) is 4.98. The number of methoxy groups -OCH3 is 1. The Labute approximate surface area is 119 Å². The Morgan fingerprint density at radius 1 is 1.26 bits per heavy atom. The SMILES string of the molecule is CCCC[C@H](N)C(=O)O.COC(=O)[C@@H](N)CCSC. The van der Waals surface area contributed by atoms with Crippen LogP contribution in [0.15, 0.2) is 0 Å². The van der Waals surface area contributed by atoms with Crippen LogP contribution in [0.3, 0.4) is 0 Å². The van der Waals surface area contributed by atoms with E-state index in [1.807, 2.05) is 13.2 Å². The molecule has 0 rings (SSSR count). The Kier molecular flexibility index (Phi) is 14.7. The highest BCUT2D eigenvalue weighted by atomic mass is 32.2. The van der Waals surface area contributed by atoms with Gasteiger partial charge in [0.1, 0.15) is 12.1 Å². The van der Waals surface area contributed by atoms with E-state index in [0.717, 1.165) is 18.6 Å². The van der Waals surface area contributed by atoms with Gasteiger partial charge in [-0.1, -0.05) is 19.8 Å². The van der Waals surface area contributed by atoms with Gasteiger partial charge in [0.05, 0.1) is 7.11 Å². The van der Waals surface area contributed by atoms with E-state index in [4.69, 9.17) is 16.6 Å². The van der Waals surface area contributed by atoms with Gasteiger partial charge in [0.15, 0.2) is 0 Å². The maximum absolute atomic E-state index is 10.7. The molecule has 0 fully saturated rings. The Morgan fingerprint density at radius 3 is 2.21 bits per heavy atom. The summed E-state index contributed by atoms with van der Waals surface area (Å²) in [4.78, 5) is 20.7. The third kappa shape index (κ3) is 13.4. The Bertz CT molecular complexity index is 252. The van der Waals surface area contributed by atoms with Crippen LogP contribution in [0.25, 0.3) is 0 Å². The number of nitrogens with two attached hydrogens (primary N) is 2. The Balaban J connectivity index is 0. The number of hydrogen-bond acceptors (Lipinski definition) is 6. The van der Waals surface area contributed by atoms with Gasteiger partial charge in [0.25, 0.3) is 0 Å². The lowest BCUT2D eigenvalue weighted by molar-refractivity contribution is -0.142. The zero-order chi connectivity index (χ0) is 15.3. The molecule has 0 aromatic rings. The fourth-order valence-electron chi connectivity index (χ4n) is 1.06. The zero-order valence-electron chi connectivity index (χ0n) is 11.9. The van der Waals surface area contributed by atoms with Gasteiger partial charge >= 0.3 is 11.9 Å². The number of carbonyl (C=O) groups excluding carboxylic acids is 1. The number of carbonyl (C=O) groups is 2. The lowest BCUT2D eigenvalue weighted by Crippen LogP contribution is -2.31. The van der Waals surface area contributed by atoms with Crippen LogP contribution in [0, 0.1) is 0 Å². The van der Waals surface area contributed by atoms with Crippen molar-refractivity contribution < 1.29 is 19.4 Å². The standard InChI is InChI=1S/C6H13NO2S.C6H13NO2/c1-9-6(8)5(7)3-4-10-2;1-2-3-4-5(7)6(8)9/h5H,3-4,7H2,1-2H3;5H,2-4,7H2,1H3,(H,8,9)/t2*5-/m00/s1. The van der Waals surface area contributed by atoms with Crippen molar-refractivity contribution in [2.45, 2.75) is 44.7 Å². The highest BCUT2D eigenvalue weighted by Crippen LogP contribution is 1.99. The Morgan fingerprint density at radius 2 is 1.84 bits per heavy atom. The van der Waals surface area contributed by atoms with Crippen molar-refractivity contribution in [1.82, 2.24) is 0 Å². The summed E-state index contributed by atoms with van der Waals surface area (Å²) in [5, 5.41) is 8.28. The van der Waals surface area contributed by atoms with Gasteiger partial charge in [0, 0.05) is 0 Å². The fourth-order valence-corrected chi connectivity index (χ4v) is 1.55. The number of thioether (sulfide) groups is 1. The quantitative estimate of drug-likeness (QED) is 0.568. The minimum absolute atomic E-state index is 0.325. The van der Waals surface area contributed by atoms with Crippen molar-refractivity contribution >= 4 is 23.7 Å². The van der Waals surface area contributed by atoms with Crippen molar-refractivity contribution in [3.05, 3.63) is 0 Å². The molecule has 0 aromatic heterocycles. The smallest absolute Gasteiger partial charge is 0.322 e. The van der Waals surface area contributed by atoms with Gasteiger partial charge in [-0.05, 0) is 24.9 Å². The maximum atomic E-state index is 10.7. The summed E-state index contributed by atoms with van der Waals surface area (Å²) < 4.78 is 4.44. The van der Waals surface area contributed by atoms with E-state index < -0.39 is 18.1 Å². The fraction of sp³-hybridized carbons (Fsp3) is 0.833. The molecule has 114 valence electrons. The van der Waals surface area contributed by atoms with Gasteiger partial charge in [-0.15, -0.1) is 0 Å². The van der Waals surface area contributed by atoms with Crippen molar-refractivity contribution in [3.63, 3.8) is 0 Å². The Hall–Kier alpha value is -0.790. The van der Waals surface area contributed by atoms with Crippen LogP contribution in [0.5, 0.6) is 0 Å². The van der Waals surface area contributed by atoms with Gasteiger partial charge in [-0.2, -0.15) is 11.8 Å². The van der Waals surface area contributed by atoms with Crippen LogP contribution < -0.4 is 11.5 Å². The number of carboxylic acid groups (broad SMARTS) is 1. The van der Waals surface area contributed by atoms with Gasteiger partial charge in [0.2, 0.25) is 0 Å². The lowest BCUT2D eigenvalue weighted by Gasteiger charge is -2.06. The topological polar surface area (TPSA) is 116 Å². The minimum atomic E-state index is -0.900. The van der Waals surface area contributed by atoms with Crippen LogP contribution in [-0.4, -0.2) is 48.2 Å². The van der Waals surface area contributed by atoms with Gasteiger partial charge in [-0.3, -0.25) is 9.59 Å². The second-order valence-electron chi connectivity index (χ2n) is 4.00. The summed E-state index contributed by atoms with van der Waals surface area (Å²) in [6.45, 7) is 2.01. The van der Waals surface area contributed by atoms with Gasteiger partial charge in [-0.25, -0.2) is 0 Å². The van der Waals surface area contributed by atoms with E-state index in [-0.39, 0.29) is 5.97 Å². The molecule has 2 atom stereocenters. The summed E-state index contributed by atoms with van der Waals surface area (Å²) in [5.74, 6) is -0.325. The van der Waals surface area contributed by atoms with E-state index in [9.17, 15) is 9.59 Å². The highest BCUT2D eigenvalue weighted by Gasteiger charge is 2.11. The van der Waals surface area contributed by atoms with Crippen molar-refractivity contribution in [1.29, 1.82) is 0 Å². The first-order valence-electron chi connectivity index (χ1n) is 6.21. The number of esters is 1.